The Kier molecular flexibility index (Phi) is 5.92. The average Bonchev–Trinajstić information content (AvgIpc) is 2.56. The molecule has 0 aliphatic carbocycles. The zero-order chi connectivity index (χ0) is 16.8. The summed E-state index contributed by atoms with van der Waals surface area (Å²) in [6.07, 6.45) is 0. The minimum atomic E-state index is -0.509. The molecule has 6 nitrogen and oxygen atoms in total. The van der Waals surface area contributed by atoms with Crippen molar-refractivity contribution in [3.05, 3.63) is 63.6 Å². The third kappa shape index (κ3) is 4.19. The van der Waals surface area contributed by atoms with Gasteiger partial charge in [0.15, 0.2) is 5.75 Å². The highest BCUT2D eigenvalue weighted by Crippen LogP contribution is 2.17. The molecular formula is C17H22N2O4. The van der Waals surface area contributed by atoms with Crippen molar-refractivity contribution in [3.63, 3.8) is 0 Å². The van der Waals surface area contributed by atoms with Crippen LogP contribution in [-0.4, -0.2) is 37.9 Å². The lowest BCUT2D eigenvalue weighted by molar-refractivity contribution is 0.178. The number of pyridine rings is 1. The van der Waals surface area contributed by atoms with Crippen molar-refractivity contribution >= 4 is 0 Å². The van der Waals surface area contributed by atoms with Gasteiger partial charge < -0.3 is 19.9 Å². The van der Waals surface area contributed by atoms with Gasteiger partial charge in [0.1, 0.15) is 0 Å². The lowest BCUT2D eigenvalue weighted by atomic mass is 10.2. The molecular weight excluding hydrogens is 296 g/mol. The van der Waals surface area contributed by atoms with E-state index in [-0.39, 0.29) is 19.0 Å². The van der Waals surface area contributed by atoms with Gasteiger partial charge >= 0.3 is 0 Å². The first-order valence-corrected chi connectivity index (χ1v) is 7.45. The van der Waals surface area contributed by atoms with E-state index in [1.807, 2.05) is 35.2 Å². The van der Waals surface area contributed by atoms with Crippen molar-refractivity contribution in [1.82, 2.24) is 9.47 Å². The highest BCUT2D eigenvalue weighted by atomic mass is 16.3. The van der Waals surface area contributed by atoms with Crippen LogP contribution in [0.2, 0.25) is 0 Å². The summed E-state index contributed by atoms with van der Waals surface area (Å²) in [7, 11) is 1.69. The van der Waals surface area contributed by atoms with Gasteiger partial charge in [-0.15, -0.1) is 0 Å². The summed E-state index contributed by atoms with van der Waals surface area (Å²) in [4.78, 5) is 13.8. The van der Waals surface area contributed by atoms with Crippen LogP contribution in [0.5, 0.6) is 5.75 Å². The predicted molar refractivity (Wildman–Crippen MR) is 86.9 cm³/mol. The van der Waals surface area contributed by atoms with Gasteiger partial charge in [-0.05, 0) is 5.56 Å². The van der Waals surface area contributed by atoms with Crippen LogP contribution in [0.3, 0.4) is 0 Å². The molecule has 3 N–H and O–H groups in total. The molecule has 0 saturated carbocycles. The molecule has 0 aliphatic heterocycles. The second kappa shape index (κ2) is 7.92. The third-order valence-corrected chi connectivity index (χ3v) is 3.84. The SMILES string of the molecule is Cn1c(CO)cc(=O)c(O)c1CN(CCO)Cc1ccccc1. The molecule has 1 aromatic heterocycles. The third-order valence-electron chi connectivity index (χ3n) is 3.84. The van der Waals surface area contributed by atoms with Crippen LogP contribution in [0.25, 0.3) is 0 Å². The fourth-order valence-electron chi connectivity index (χ4n) is 2.53. The molecule has 0 aliphatic rings. The van der Waals surface area contributed by atoms with Crippen molar-refractivity contribution in [2.75, 3.05) is 13.2 Å². The fraction of sp³-hybridized carbons (Fsp3) is 0.353. The minimum Gasteiger partial charge on any atom is -0.503 e. The summed E-state index contributed by atoms with van der Waals surface area (Å²) in [6, 6.07) is 11.0. The van der Waals surface area contributed by atoms with E-state index >= 15 is 0 Å². The number of aromatic hydroxyl groups is 1. The molecule has 2 rings (SSSR count). The largest absolute Gasteiger partial charge is 0.503 e. The summed E-state index contributed by atoms with van der Waals surface area (Å²) in [5.74, 6) is -0.319. The van der Waals surface area contributed by atoms with Gasteiger partial charge in [-0.1, -0.05) is 30.3 Å². The molecule has 0 fully saturated rings. The van der Waals surface area contributed by atoms with Crippen molar-refractivity contribution < 1.29 is 15.3 Å². The van der Waals surface area contributed by atoms with Gasteiger partial charge in [-0.3, -0.25) is 9.69 Å². The molecule has 1 heterocycles. The fourth-order valence-corrected chi connectivity index (χ4v) is 2.53. The van der Waals surface area contributed by atoms with Crippen molar-refractivity contribution in [3.8, 4) is 5.75 Å². The molecule has 6 heteroatoms. The minimum absolute atomic E-state index is 0.0266. The maximum atomic E-state index is 11.8. The van der Waals surface area contributed by atoms with Gasteiger partial charge in [-0.2, -0.15) is 0 Å². The van der Waals surface area contributed by atoms with E-state index in [1.165, 1.54) is 6.07 Å². The molecule has 0 radical (unpaired) electrons. The first-order valence-electron chi connectivity index (χ1n) is 7.45. The maximum absolute atomic E-state index is 11.8. The van der Waals surface area contributed by atoms with Crippen LogP contribution in [0.4, 0.5) is 0 Å². The summed E-state index contributed by atoms with van der Waals surface area (Å²) in [6.45, 7) is 0.976. The Hall–Kier alpha value is -2.15. The van der Waals surface area contributed by atoms with Gasteiger partial charge in [0.2, 0.25) is 5.43 Å². The highest BCUT2D eigenvalue weighted by Gasteiger charge is 2.16. The molecule has 124 valence electrons. The predicted octanol–water partition coefficient (Wildman–Crippen LogP) is 0.578. The second-order valence-corrected chi connectivity index (χ2v) is 5.43. The Morgan fingerprint density at radius 2 is 1.83 bits per heavy atom. The molecule has 1 aromatic carbocycles. The maximum Gasteiger partial charge on any atom is 0.223 e. The smallest absolute Gasteiger partial charge is 0.223 e. The van der Waals surface area contributed by atoms with Crippen molar-refractivity contribution in [1.29, 1.82) is 0 Å². The number of hydrogen-bond acceptors (Lipinski definition) is 5. The number of aliphatic hydroxyl groups excluding tert-OH is 2. The quantitative estimate of drug-likeness (QED) is 0.695. The van der Waals surface area contributed by atoms with Gasteiger partial charge in [0.25, 0.3) is 0 Å². The van der Waals surface area contributed by atoms with Crippen LogP contribution in [0, 0.1) is 0 Å². The number of benzene rings is 1. The Bertz CT molecular complexity index is 698. The van der Waals surface area contributed by atoms with Crippen LogP contribution in [-0.2, 0) is 26.7 Å². The Morgan fingerprint density at radius 1 is 1.13 bits per heavy atom. The molecule has 23 heavy (non-hydrogen) atoms. The van der Waals surface area contributed by atoms with E-state index in [0.717, 1.165) is 5.56 Å². The summed E-state index contributed by atoms with van der Waals surface area (Å²) >= 11 is 0. The van der Waals surface area contributed by atoms with E-state index in [9.17, 15) is 20.1 Å². The standard InChI is InChI=1S/C17H22N2O4/c1-18-14(12-21)9-16(22)17(23)15(18)11-19(7-8-20)10-13-5-3-2-4-6-13/h2-6,9,20-21,23H,7-8,10-12H2,1H3. The van der Waals surface area contributed by atoms with Crippen molar-refractivity contribution in [2.24, 2.45) is 7.05 Å². The molecule has 0 atom stereocenters. The van der Waals surface area contributed by atoms with Gasteiger partial charge in [-0.25, -0.2) is 0 Å². The highest BCUT2D eigenvalue weighted by molar-refractivity contribution is 5.30. The van der Waals surface area contributed by atoms with Gasteiger partial charge in [0.05, 0.1) is 18.9 Å². The molecule has 2 aromatic rings. The lowest BCUT2D eigenvalue weighted by Crippen LogP contribution is -2.29. The van der Waals surface area contributed by atoms with Crippen LogP contribution < -0.4 is 5.43 Å². The summed E-state index contributed by atoms with van der Waals surface area (Å²) < 4.78 is 1.62. The number of hydrogen-bond donors (Lipinski definition) is 3. The number of aliphatic hydroxyl groups is 2. The molecule has 0 unspecified atom stereocenters. The zero-order valence-corrected chi connectivity index (χ0v) is 13.1. The normalized spacial score (nSPS) is 11.1. The number of rotatable bonds is 7. The topological polar surface area (TPSA) is 85.9 Å². The first-order chi connectivity index (χ1) is 11.1. The summed E-state index contributed by atoms with van der Waals surface area (Å²) in [5.41, 5.74) is 1.42. The average molecular weight is 318 g/mol. The zero-order valence-electron chi connectivity index (χ0n) is 13.1. The van der Waals surface area contributed by atoms with Crippen molar-refractivity contribution in [2.45, 2.75) is 19.7 Å². The summed E-state index contributed by atoms with van der Waals surface area (Å²) in [5, 5.41) is 28.7. The van der Waals surface area contributed by atoms with Crippen LogP contribution in [0.15, 0.2) is 41.2 Å². The lowest BCUT2D eigenvalue weighted by Gasteiger charge is -2.24. The van der Waals surface area contributed by atoms with Gasteiger partial charge in [0, 0.05) is 38.4 Å². The van der Waals surface area contributed by atoms with E-state index in [4.69, 9.17) is 0 Å². The van der Waals surface area contributed by atoms with Crippen LogP contribution >= 0.6 is 0 Å². The van der Waals surface area contributed by atoms with E-state index in [2.05, 4.69) is 0 Å². The Morgan fingerprint density at radius 3 is 2.43 bits per heavy atom. The Labute approximate surface area is 134 Å². The monoisotopic (exact) mass is 318 g/mol. The number of aromatic nitrogens is 1. The Balaban J connectivity index is 2.29. The van der Waals surface area contributed by atoms with Crippen LogP contribution in [0.1, 0.15) is 17.0 Å². The molecule has 0 bridgehead atoms. The van der Waals surface area contributed by atoms with E-state index < -0.39 is 5.43 Å². The molecule has 0 spiro atoms. The van der Waals surface area contributed by atoms with E-state index in [1.54, 1.807) is 11.6 Å². The number of nitrogens with zero attached hydrogens (tertiary/aromatic N) is 2. The molecule has 0 amide bonds. The molecule has 0 saturated heterocycles. The van der Waals surface area contributed by atoms with E-state index in [0.29, 0.717) is 31.0 Å². The second-order valence-electron chi connectivity index (χ2n) is 5.43. The first kappa shape index (κ1) is 17.2.